The number of rotatable bonds is 11. The van der Waals surface area contributed by atoms with Crippen molar-refractivity contribution in [2.75, 3.05) is 13.2 Å². The summed E-state index contributed by atoms with van der Waals surface area (Å²) < 4.78 is 10.9. The highest BCUT2D eigenvalue weighted by Crippen LogP contribution is 2.33. The van der Waals surface area contributed by atoms with Crippen molar-refractivity contribution in [3.63, 3.8) is 0 Å². The Balaban J connectivity index is 2.18. The van der Waals surface area contributed by atoms with Gasteiger partial charge < -0.3 is 24.5 Å². The molecule has 1 atom stereocenters. The molecule has 1 aromatic carbocycles. The highest BCUT2D eigenvalue weighted by atomic mass is 16.5. The first-order valence-corrected chi connectivity index (χ1v) is 9.45. The minimum Gasteiger partial charge on any atom is -0.506 e. The number of allylic oxidation sites excluding steroid dienone is 1. The molecule has 1 heterocycles. The lowest BCUT2D eigenvalue weighted by Crippen LogP contribution is -2.16. The first kappa shape index (κ1) is 21.0. The first-order valence-electron chi connectivity index (χ1n) is 9.45. The van der Waals surface area contributed by atoms with E-state index in [-0.39, 0.29) is 36.5 Å². The van der Waals surface area contributed by atoms with E-state index in [2.05, 4.69) is 6.92 Å². The zero-order chi connectivity index (χ0) is 19.6. The van der Waals surface area contributed by atoms with Gasteiger partial charge in [0, 0.05) is 6.42 Å². The van der Waals surface area contributed by atoms with Gasteiger partial charge in [0.1, 0.15) is 11.3 Å². The third-order valence-corrected chi connectivity index (χ3v) is 4.33. The highest BCUT2D eigenvalue weighted by molar-refractivity contribution is 5.90. The Bertz CT molecular complexity index is 808. The van der Waals surface area contributed by atoms with Crippen molar-refractivity contribution >= 4 is 17.0 Å². The van der Waals surface area contributed by atoms with E-state index < -0.39 is 11.7 Å². The van der Waals surface area contributed by atoms with Crippen LogP contribution in [0, 0.1) is 0 Å². The van der Waals surface area contributed by atoms with E-state index in [4.69, 9.17) is 14.3 Å². The Labute approximate surface area is 158 Å². The average molecular weight is 376 g/mol. The molecule has 6 heteroatoms. The van der Waals surface area contributed by atoms with Crippen LogP contribution < -0.4 is 10.4 Å². The zero-order valence-corrected chi connectivity index (χ0v) is 15.7. The van der Waals surface area contributed by atoms with Gasteiger partial charge in [0.15, 0.2) is 11.3 Å². The lowest BCUT2D eigenvalue weighted by Gasteiger charge is -2.11. The molecular weight excluding hydrogens is 348 g/mol. The molecule has 148 valence electrons. The third-order valence-electron chi connectivity index (χ3n) is 4.33. The zero-order valence-electron chi connectivity index (χ0n) is 15.7. The number of aliphatic hydroxyl groups is 2. The number of aromatic hydroxyl groups is 1. The van der Waals surface area contributed by atoms with Gasteiger partial charge in [-0.05, 0) is 31.1 Å². The number of fused-ring (bicyclic) bond motifs is 1. The van der Waals surface area contributed by atoms with Crippen LogP contribution in [0.4, 0.5) is 0 Å². The second kappa shape index (κ2) is 10.7. The first-order chi connectivity index (χ1) is 13.1. The molecule has 0 aliphatic rings. The Morgan fingerprint density at radius 2 is 2.07 bits per heavy atom. The Morgan fingerprint density at radius 3 is 2.81 bits per heavy atom. The maximum Gasteiger partial charge on any atom is 0.347 e. The molecule has 3 N–H and O–H groups in total. The molecule has 0 saturated carbocycles. The number of hydrogen-bond donors (Lipinski definition) is 3. The molecule has 1 unspecified atom stereocenters. The molecule has 0 aliphatic carbocycles. The topological polar surface area (TPSA) is 100 Å². The molecule has 0 spiro atoms. The van der Waals surface area contributed by atoms with E-state index in [1.54, 1.807) is 24.3 Å². The summed E-state index contributed by atoms with van der Waals surface area (Å²) >= 11 is 0. The fourth-order valence-electron chi connectivity index (χ4n) is 2.74. The number of para-hydroxylation sites is 1. The number of ether oxygens (including phenoxy) is 1. The van der Waals surface area contributed by atoms with Crippen molar-refractivity contribution in [2.24, 2.45) is 0 Å². The predicted octanol–water partition coefficient (Wildman–Crippen LogP) is 3.60. The van der Waals surface area contributed by atoms with Gasteiger partial charge in [-0.3, -0.25) is 0 Å². The Kier molecular flexibility index (Phi) is 8.36. The van der Waals surface area contributed by atoms with Crippen LogP contribution in [-0.4, -0.2) is 34.6 Å². The molecule has 0 bridgehead atoms. The minimum atomic E-state index is -0.866. The van der Waals surface area contributed by atoms with Crippen molar-refractivity contribution in [1.29, 1.82) is 0 Å². The van der Waals surface area contributed by atoms with Crippen LogP contribution in [0.15, 0.2) is 33.5 Å². The number of aliphatic hydroxyl groups excluding tert-OH is 2. The fraction of sp³-hybridized carbons (Fsp3) is 0.476. The molecule has 27 heavy (non-hydrogen) atoms. The van der Waals surface area contributed by atoms with Crippen molar-refractivity contribution in [1.82, 2.24) is 0 Å². The van der Waals surface area contributed by atoms with Gasteiger partial charge in [0.05, 0.1) is 24.7 Å². The summed E-state index contributed by atoms with van der Waals surface area (Å²) in [5.41, 5.74) is -0.333. The number of unbranched alkanes of at least 4 members (excludes halogenated alkanes) is 4. The quantitative estimate of drug-likeness (QED) is 0.409. The van der Waals surface area contributed by atoms with Crippen LogP contribution in [0.1, 0.15) is 51.0 Å². The summed E-state index contributed by atoms with van der Waals surface area (Å²) in [6.07, 6.45) is 8.25. The molecule has 0 amide bonds. The van der Waals surface area contributed by atoms with Gasteiger partial charge in [-0.1, -0.05) is 38.3 Å². The summed E-state index contributed by atoms with van der Waals surface area (Å²) in [6.45, 7) is 1.95. The van der Waals surface area contributed by atoms with Crippen molar-refractivity contribution in [2.45, 2.75) is 51.6 Å². The maximum atomic E-state index is 12.3. The van der Waals surface area contributed by atoms with E-state index in [9.17, 15) is 15.0 Å². The fourth-order valence-corrected chi connectivity index (χ4v) is 2.74. The van der Waals surface area contributed by atoms with E-state index in [1.807, 2.05) is 6.08 Å². The summed E-state index contributed by atoms with van der Waals surface area (Å²) in [5, 5.41) is 29.1. The lowest BCUT2D eigenvalue weighted by molar-refractivity contribution is 0.0754. The molecule has 0 saturated heterocycles. The Morgan fingerprint density at radius 1 is 1.26 bits per heavy atom. The molecular formula is C21H28O6. The van der Waals surface area contributed by atoms with Crippen LogP contribution in [0.3, 0.4) is 0 Å². The number of benzene rings is 1. The van der Waals surface area contributed by atoms with Crippen LogP contribution in [-0.2, 0) is 0 Å². The highest BCUT2D eigenvalue weighted by Gasteiger charge is 2.15. The minimum absolute atomic E-state index is 0.130. The molecule has 2 aromatic rings. The normalized spacial score (nSPS) is 12.7. The molecule has 0 fully saturated rings. The van der Waals surface area contributed by atoms with Crippen molar-refractivity contribution < 1.29 is 24.5 Å². The maximum absolute atomic E-state index is 12.3. The molecule has 1 aromatic heterocycles. The lowest BCUT2D eigenvalue weighted by atomic mass is 10.1. The number of hydrogen-bond acceptors (Lipinski definition) is 6. The van der Waals surface area contributed by atoms with Gasteiger partial charge in [-0.15, -0.1) is 0 Å². The van der Waals surface area contributed by atoms with E-state index in [0.717, 1.165) is 19.3 Å². The van der Waals surface area contributed by atoms with Crippen LogP contribution in [0.2, 0.25) is 0 Å². The summed E-state index contributed by atoms with van der Waals surface area (Å²) in [4.78, 5) is 12.3. The van der Waals surface area contributed by atoms with Gasteiger partial charge >= 0.3 is 5.63 Å². The smallest absolute Gasteiger partial charge is 0.347 e. The average Bonchev–Trinajstić information content (AvgIpc) is 2.67. The molecule has 0 aliphatic heterocycles. The molecule has 2 rings (SSSR count). The van der Waals surface area contributed by atoms with E-state index >= 15 is 0 Å². The second-order valence-corrected chi connectivity index (χ2v) is 6.51. The monoisotopic (exact) mass is 376 g/mol. The van der Waals surface area contributed by atoms with E-state index in [1.165, 1.54) is 12.8 Å². The SMILES string of the molecule is CCCCCCC=Cc1c(O)c2cccc(OCCC(O)CO)c2oc1=O. The summed E-state index contributed by atoms with van der Waals surface area (Å²) in [6, 6.07) is 4.97. The van der Waals surface area contributed by atoms with Gasteiger partial charge in [-0.2, -0.15) is 0 Å². The largest absolute Gasteiger partial charge is 0.506 e. The summed E-state index contributed by atoms with van der Waals surface area (Å²) in [7, 11) is 0. The standard InChI is InChI=1S/C21H28O6/c1-2-3-4-5-6-7-9-17-19(24)16-10-8-11-18(20(16)27-21(17)25)26-13-12-15(23)14-22/h7-11,15,22-24H,2-6,12-14H2,1H3. The summed E-state index contributed by atoms with van der Waals surface area (Å²) in [5.74, 6) is 0.173. The third kappa shape index (κ3) is 5.84. The van der Waals surface area contributed by atoms with Crippen LogP contribution in [0.5, 0.6) is 11.5 Å². The Hall–Kier alpha value is -2.31. The second-order valence-electron chi connectivity index (χ2n) is 6.51. The predicted molar refractivity (Wildman–Crippen MR) is 105 cm³/mol. The van der Waals surface area contributed by atoms with Crippen LogP contribution in [0.25, 0.3) is 17.0 Å². The van der Waals surface area contributed by atoms with Crippen molar-refractivity contribution in [3.8, 4) is 11.5 Å². The van der Waals surface area contributed by atoms with Gasteiger partial charge in [0.2, 0.25) is 0 Å². The molecule has 0 radical (unpaired) electrons. The van der Waals surface area contributed by atoms with Crippen LogP contribution >= 0.6 is 0 Å². The molecule has 6 nitrogen and oxygen atoms in total. The van der Waals surface area contributed by atoms with Gasteiger partial charge in [0.25, 0.3) is 0 Å². The van der Waals surface area contributed by atoms with Crippen molar-refractivity contribution in [3.05, 3.63) is 40.3 Å². The van der Waals surface area contributed by atoms with E-state index in [0.29, 0.717) is 11.1 Å². The van der Waals surface area contributed by atoms with Gasteiger partial charge in [-0.25, -0.2) is 4.79 Å².